The third-order valence-electron chi connectivity index (χ3n) is 6.93. The number of anilines is 1. The maximum atomic E-state index is 13.2. The molecular formula is C25H33N8O11PS2. The van der Waals surface area contributed by atoms with E-state index >= 15 is 0 Å². The number of hydroxylamine groups is 2. The van der Waals surface area contributed by atoms with E-state index in [4.69, 9.17) is 21.0 Å². The number of nitrogens with zero attached hydrogens (tertiary/aromatic N) is 5. The predicted molar refractivity (Wildman–Crippen MR) is 164 cm³/mol. The van der Waals surface area contributed by atoms with Crippen LogP contribution < -0.4 is 26.2 Å². The Labute approximate surface area is 272 Å². The minimum Gasteiger partial charge on any atom is -0.724 e. The van der Waals surface area contributed by atoms with E-state index in [1.54, 1.807) is 24.3 Å². The van der Waals surface area contributed by atoms with Crippen molar-refractivity contribution in [2.24, 2.45) is 17.9 Å². The van der Waals surface area contributed by atoms with Crippen LogP contribution in [-0.2, 0) is 47.3 Å². The van der Waals surface area contributed by atoms with Crippen LogP contribution in [-0.4, -0.2) is 85.6 Å². The number of amides is 2. The van der Waals surface area contributed by atoms with E-state index in [2.05, 4.69) is 19.7 Å². The lowest BCUT2D eigenvalue weighted by Crippen LogP contribution is -2.76. The molecule has 22 heteroatoms. The lowest BCUT2D eigenvalue weighted by atomic mass is 9.84. The van der Waals surface area contributed by atoms with E-state index in [-0.39, 0.29) is 16.6 Å². The number of nitrogens with two attached hydrogens (primary N) is 2. The van der Waals surface area contributed by atoms with Crippen molar-refractivity contribution in [1.29, 1.82) is 0 Å². The van der Waals surface area contributed by atoms with Crippen LogP contribution in [0.25, 0.3) is 11.1 Å². The second-order valence-corrected chi connectivity index (χ2v) is 14.4. The first-order valence-corrected chi connectivity index (χ1v) is 17.6. The Hall–Kier alpha value is -3.95. The molecule has 2 amide bonds. The third-order valence-corrected chi connectivity index (χ3v) is 8.93. The highest BCUT2D eigenvalue weighted by molar-refractivity contribution is 7.80. The molecule has 0 spiro atoms. The first kappa shape index (κ1) is 35.9. The molecule has 3 heterocycles. The number of benzene rings is 1. The smallest absolute Gasteiger partial charge is 0.372 e. The number of hydrogen-bond acceptors (Lipinski definition) is 14. The number of rotatable bonds is 15. The minimum absolute atomic E-state index is 0.0139. The van der Waals surface area contributed by atoms with Gasteiger partial charge in [-0.15, -0.1) is 16.0 Å². The third kappa shape index (κ3) is 8.70. The van der Waals surface area contributed by atoms with Gasteiger partial charge in [0.1, 0.15) is 24.1 Å². The van der Waals surface area contributed by atoms with Gasteiger partial charge in [-0.1, -0.05) is 17.3 Å². The summed E-state index contributed by atoms with van der Waals surface area (Å²) in [4.78, 5) is 54.6. The van der Waals surface area contributed by atoms with E-state index in [0.717, 1.165) is 35.4 Å². The number of aryl methyl sites for hydroxylation is 2. The Morgan fingerprint density at radius 3 is 2.53 bits per heavy atom. The van der Waals surface area contributed by atoms with Crippen LogP contribution in [0, 0.1) is 0 Å². The molecule has 1 fully saturated rings. The Kier molecular flexibility index (Phi) is 10.7. The van der Waals surface area contributed by atoms with Crippen molar-refractivity contribution in [2.45, 2.75) is 44.2 Å². The van der Waals surface area contributed by atoms with Crippen molar-refractivity contribution in [1.82, 2.24) is 20.0 Å². The first-order chi connectivity index (χ1) is 21.9. The molecule has 19 nitrogen and oxygen atoms in total. The molecule has 1 aromatic carbocycles. The van der Waals surface area contributed by atoms with Gasteiger partial charge in [0.15, 0.2) is 17.9 Å². The number of oxime groups is 1. The van der Waals surface area contributed by atoms with E-state index in [0.29, 0.717) is 11.6 Å². The lowest BCUT2D eigenvalue weighted by molar-refractivity contribution is -0.753. The summed E-state index contributed by atoms with van der Waals surface area (Å²) in [6, 6.07) is 5.34. The Bertz CT molecular complexity index is 1800. The summed E-state index contributed by atoms with van der Waals surface area (Å²) < 4.78 is 58.9. The number of β-lactam (4-membered cyclic amide) rings is 1. The fraction of sp³-hybridized carbons (Fsp3) is 0.400. The Morgan fingerprint density at radius 2 is 1.98 bits per heavy atom. The molecule has 2 atom stereocenters. The number of carbonyl (C=O) groups excluding carboxylic acids is 2. The highest BCUT2D eigenvalue weighted by Gasteiger charge is 2.57. The van der Waals surface area contributed by atoms with Crippen molar-refractivity contribution in [3.05, 3.63) is 47.7 Å². The molecule has 0 aliphatic carbocycles. The zero-order valence-electron chi connectivity index (χ0n) is 25.2. The van der Waals surface area contributed by atoms with E-state index in [1.165, 1.54) is 19.2 Å². The number of thiazole rings is 1. The first-order valence-electron chi connectivity index (χ1n) is 13.7. The standard InChI is InChI=1S/C25H33N8O11PS2/c1-25(2)21(23(35)33(25)44-47(39,40)41)29-22(34)20(18-14-46-24(27)28-18)30-43-19(45(36,37)38)13-42-17-7-5-15(6-8-17)16-11-31(3)32(12-16)10-4-9-26/h5-8,11-12,14,19,21H,4,9-10,13,26H2,1-3H3,(H5-,27,28,29,34,36,37,38,39,40,41)/b30-20-/t19?,21-/m1/s1. The number of hydrogen-bond donors (Lipinski definition) is 5. The number of aromatic nitrogens is 3. The van der Waals surface area contributed by atoms with Crippen molar-refractivity contribution >= 4 is 52.0 Å². The largest absolute Gasteiger partial charge is 0.724 e. The molecule has 3 aromatic rings. The van der Waals surface area contributed by atoms with Crippen LogP contribution in [0.15, 0.2) is 47.2 Å². The van der Waals surface area contributed by atoms with Gasteiger partial charge in [-0.2, -0.15) is 14.0 Å². The molecular weight excluding hydrogens is 683 g/mol. The molecule has 1 aliphatic heterocycles. The molecule has 256 valence electrons. The maximum absolute atomic E-state index is 13.2. The molecule has 2 aromatic heterocycles. The zero-order valence-corrected chi connectivity index (χ0v) is 27.8. The average molecular weight is 717 g/mol. The topological polar surface area (TPSA) is 278 Å². The lowest BCUT2D eigenvalue weighted by Gasteiger charge is -2.51. The highest BCUT2D eigenvalue weighted by Crippen LogP contribution is 2.42. The fourth-order valence-electron chi connectivity index (χ4n) is 4.42. The summed E-state index contributed by atoms with van der Waals surface area (Å²) in [5.41, 5.74) is 10.8. The highest BCUT2D eigenvalue weighted by atomic mass is 32.3. The normalized spacial score (nSPS) is 17.3. The van der Waals surface area contributed by atoms with Gasteiger partial charge in [-0.3, -0.25) is 14.2 Å². The van der Waals surface area contributed by atoms with Crippen LogP contribution >= 0.6 is 18.9 Å². The van der Waals surface area contributed by atoms with Gasteiger partial charge >= 0.3 is 7.60 Å². The van der Waals surface area contributed by atoms with Crippen LogP contribution in [0.5, 0.6) is 5.75 Å². The summed E-state index contributed by atoms with van der Waals surface area (Å²) in [5, 5.41) is 7.56. The molecule has 7 N–H and O–H groups in total. The van der Waals surface area contributed by atoms with Crippen LogP contribution in [0.2, 0.25) is 0 Å². The molecule has 1 saturated heterocycles. The summed E-state index contributed by atoms with van der Waals surface area (Å²) in [7, 11) is -8.43. The number of nitrogen functional groups attached to an aromatic ring is 1. The van der Waals surface area contributed by atoms with Crippen molar-refractivity contribution in [3.8, 4) is 16.9 Å². The molecule has 47 heavy (non-hydrogen) atoms. The van der Waals surface area contributed by atoms with Gasteiger partial charge in [0, 0.05) is 5.38 Å². The van der Waals surface area contributed by atoms with Crippen LogP contribution in [0.1, 0.15) is 26.0 Å². The quantitative estimate of drug-likeness (QED) is 0.0244. The molecule has 4 rings (SSSR count). The predicted octanol–water partition coefficient (Wildman–Crippen LogP) is -0.832. The molecule has 1 aliphatic rings. The van der Waals surface area contributed by atoms with Crippen molar-refractivity contribution in [2.75, 3.05) is 18.9 Å². The van der Waals surface area contributed by atoms with Gasteiger partial charge in [-0.05, 0) is 44.5 Å². The van der Waals surface area contributed by atoms with Crippen LogP contribution in [0.3, 0.4) is 0 Å². The molecule has 0 saturated carbocycles. The number of ether oxygens (including phenoxy) is 1. The summed E-state index contributed by atoms with van der Waals surface area (Å²) in [6.07, 6.45) is 4.72. The van der Waals surface area contributed by atoms with E-state index < -0.39 is 59.6 Å². The fourth-order valence-corrected chi connectivity index (χ4v) is 5.85. The van der Waals surface area contributed by atoms with Gasteiger partial charge in [0.2, 0.25) is 16.6 Å². The van der Waals surface area contributed by atoms with Crippen molar-refractivity contribution in [3.63, 3.8) is 0 Å². The number of nitrogens with one attached hydrogen (secondary N) is 1. The summed E-state index contributed by atoms with van der Waals surface area (Å²) >= 11 is 0.916. The summed E-state index contributed by atoms with van der Waals surface area (Å²) in [6.45, 7) is 3.25. The maximum Gasteiger partial charge on any atom is 0.372 e. The second-order valence-electron chi connectivity index (χ2n) is 10.8. The Balaban J connectivity index is 1.48. The van der Waals surface area contributed by atoms with Gasteiger partial charge in [-0.25, -0.2) is 13.4 Å². The van der Waals surface area contributed by atoms with Crippen molar-refractivity contribution < 1.29 is 55.5 Å². The van der Waals surface area contributed by atoms with Gasteiger partial charge < -0.3 is 40.7 Å². The molecule has 0 bridgehead atoms. The Morgan fingerprint density at radius 1 is 1.30 bits per heavy atom. The van der Waals surface area contributed by atoms with E-state index in [9.17, 15) is 36.9 Å². The van der Waals surface area contributed by atoms with Crippen LogP contribution in [0.4, 0.5) is 5.13 Å². The zero-order chi connectivity index (χ0) is 34.7. The van der Waals surface area contributed by atoms with E-state index in [1.807, 2.05) is 28.8 Å². The number of carbonyl (C=O) groups is 2. The average Bonchev–Trinajstić information content (AvgIpc) is 3.58. The molecule has 0 radical (unpaired) electrons. The van der Waals surface area contributed by atoms with Gasteiger partial charge in [0.25, 0.3) is 17.7 Å². The molecule has 1 unspecified atom stereocenters. The van der Waals surface area contributed by atoms with Gasteiger partial charge in [0.05, 0.1) is 23.8 Å². The SMILES string of the molecule is C[n+]1cc(-c2ccc(OCC(O/N=C(\C(=O)N[C@@H]3C(=O)N(OS(=O)(=O)[O-])C3(C)C)c3csc(N)n3)P(=O)(O)O)cc2)cn1CCCN. The minimum atomic E-state index is -5.29. The monoisotopic (exact) mass is 716 g/mol. The second kappa shape index (κ2) is 14.0. The summed E-state index contributed by atoms with van der Waals surface area (Å²) in [5.74, 6) is -3.89.